The van der Waals surface area contributed by atoms with Gasteiger partial charge in [-0.25, -0.2) is 9.37 Å². The molecule has 3 nitrogen and oxygen atoms in total. The predicted octanol–water partition coefficient (Wildman–Crippen LogP) is 4.35. The molecular formula is C21H21ClFN3. The molecule has 5 heteroatoms. The third-order valence-electron chi connectivity index (χ3n) is 4.87. The zero-order chi connectivity index (χ0) is 17.9. The van der Waals surface area contributed by atoms with E-state index in [2.05, 4.69) is 21.9 Å². The largest absolute Gasteiger partial charge is 0.297 e. The fourth-order valence-electron chi connectivity index (χ4n) is 3.47. The van der Waals surface area contributed by atoms with Gasteiger partial charge in [-0.05, 0) is 29.8 Å². The van der Waals surface area contributed by atoms with E-state index in [-0.39, 0.29) is 5.82 Å². The van der Waals surface area contributed by atoms with Crippen molar-refractivity contribution in [3.05, 3.63) is 76.7 Å². The number of pyridine rings is 1. The molecule has 1 saturated heterocycles. The van der Waals surface area contributed by atoms with Crippen molar-refractivity contribution in [3.8, 4) is 0 Å². The Morgan fingerprint density at radius 3 is 2.38 bits per heavy atom. The lowest BCUT2D eigenvalue weighted by Gasteiger charge is -2.34. The minimum atomic E-state index is -0.165. The zero-order valence-electron chi connectivity index (χ0n) is 14.5. The number of hydrogen-bond donors (Lipinski definition) is 0. The second-order valence-electron chi connectivity index (χ2n) is 6.80. The maximum Gasteiger partial charge on any atom is 0.123 e. The van der Waals surface area contributed by atoms with Crippen LogP contribution in [0.3, 0.4) is 0 Å². The molecule has 0 atom stereocenters. The number of fused-ring (bicyclic) bond motifs is 1. The number of para-hydroxylation sites is 1. The van der Waals surface area contributed by atoms with Crippen LogP contribution in [0.1, 0.15) is 11.3 Å². The van der Waals surface area contributed by atoms with Crippen molar-refractivity contribution >= 4 is 22.5 Å². The molecule has 26 heavy (non-hydrogen) atoms. The van der Waals surface area contributed by atoms with E-state index in [4.69, 9.17) is 16.6 Å². The summed E-state index contributed by atoms with van der Waals surface area (Å²) in [5.41, 5.74) is 2.95. The smallest absolute Gasteiger partial charge is 0.123 e. The van der Waals surface area contributed by atoms with Gasteiger partial charge in [-0.2, -0.15) is 0 Å². The molecule has 0 spiro atoms. The normalized spacial score (nSPS) is 16.2. The molecule has 0 aliphatic carbocycles. The Hall–Kier alpha value is -2.01. The molecule has 4 rings (SSSR count). The van der Waals surface area contributed by atoms with Crippen LogP contribution in [-0.4, -0.2) is 41.0 Å². The number of hydrogen-bond acceptors (Lipinski definition) is 3. The SMILES string of the molecule is Fc1cccc(CN2CCN(Cc3ccc4cccc(Cl)c4n3)CC2)c1. The number of halogens is 2. The van der Waals surface area contributed by atoms with E-state index in [9.17, 15) is 4.39 Å². The van der Waals surface area contributed by atoms with Crippen molar-refractivity contribution in [2.45, 2.75) is 13.1 Å². The lowest BCUT2D eigenvalue weighted by atomic mass is 10.1. The number of benzene rings is 2. The topological polar surface area (TPSA) is 19.4 Å². The first-order valence-corrected chi connectivity index (χ1v) is 9.28. The van der Waals surface area contributed by atoms with Crippen molar-refractivity contribution in [2.75, 3.05) is 26.2 Å². The summed E-state index contributed by atoms with van der Waals surface area (Å²) >= 11 is 6.27. The molecule has 1 fully saturated rings. The van der Waals surface area contributed by atoms with E-state index in [0.29, 0.717) is 5.02 Å². The summed E-state index contributed by atoms with van der Waals surface area (Å²) in [4.78, 5) is 9.52. The van der Waals surface area contributed by atoms with Crippen LogP contribution in [0.2, 0.25) is 5.02 Å². The summed E-state index contributed by atoms with van der Waals surface area (Å²) in [6.45, 7) is 5.55. The van der Waals surface area contributed by atoms with Crippen LogP contribution >= 0.6 is 11.6 Å². The van der Waals surface area contributed by atoms with Crippen LogP contribution in [0.4, 0.5) is 4.39 Å². The van der Waals surface area contributed by atoms with Crippen LogP contribution < -0.4 is 0 Å². The lowest BCUT2D eigenvalue weighted by molar-refractivity contribution is 0.121. The summed E-state index contributed by atoms with van der Waals surface area (Å²) in [5, 5.41) is 1.77. The van der Waals surface area contributed by atoms with Crippen molar-refractivity contribution in [2.24, 2.45) is 0 Å². The Morgan fingerprint density at radius 2 is 1.62 bits per heavy atom. The predicted molar refractivity (Wildman–Crippen MR) is 104 cm³/mol. The molecule has 134 valence electrons. The van der Waals surface area contributed by atoms with E-state index in [1.54, 1.807) is 12.1 Å². The van der Waals surface area contributed by atoms with E-state index >= 15 is 0 Å². The van der Waals surface area contributed by atoms with Crippen molar-refractivity contribution < 1.29 is 4.39 Å². The second-order valence-corrected chi connectivity index (χ2v) is 7.20. The van der Waals surface area contributed by atoms with Crippen LogP contribution in [0, 0.1) is 5.82 Å². The highest BCUT2D eigenvalue weighted by molar-refractivity contribution is 6.35. The Balaban J connectivity index is 1.36. The Kier molecular flexibility index (Phi) is 5.16. The molecule has 0 amide bonds. The van der Waals surface area contributed by atoms with E-state index in [1.165, 1.54) is 6.07 Å². The molecule has 0 bridgehead atoms. The maximum atomic E-state index is 13.3. The van der Waals surface area contributed by atoms with Crippen LogP contribution in [0.15, 0.2) is 54.6 Å². The van der Waals surface area contributed by atoms with Crippen molar-refractivity contribution in [1.82, 2.24) is 14.8 Å². The molecule has 3 aromatic rings. The number of nitrogens with zero attached hydrogens (tertiary/aromatic N) is 3. The van der Waals surface area contributed by atoms with Gasteiger partial charge in [0.05, 0.1) is 16.2 Å². The van der Waals surface area contributed by atoms with Crippen molar-refractivity contribution in [3.63, 3.8) is 0 Å². The molecule has 0 unspecified atom stereocenters. The standard InChI is InChI=1S/C21H21ClFN3/c22-20-6-2-4-17-7-8-19(24-21(17)20)15-26-11-9-25(10-12-26)14-16-3-1-5-18(23)13-16/h1-8,13H,9-12,14-15H2. The first-order valence-electron chi connectivity index (χ1n) is 8.91. The Morgan fingerprint density at radius 1 is 0.885 bits per heavy atom. The summed E-state index contributed by atoms with van der Waals surface area (Å²) in [5.74, 6) is -0.165. The molecule has 1 aromatic heterocycles. The van der Waals surface area contributed by atoms with Gasteiger partial charge in [0.25, 0.3) is 0 Å². The molecular weight excluding hydrogens is 349 g/mol. The molecule has 2 heterocycles. The summed E-state index contributed by atoms with van der Waals surface area (Å²) in [6, 6.07) is 16.9. The van der Waals surface area contributed by atoms with Crippen LogP contribution in [-0.2, 0) is 13.1 Å². The van der Waals surface area contributed by atoms with Gasteiger partial charge in [0.15, 0.2) is 0 Å². The van der Waals surface area contributed by atoms with Crippen LogP contribution in [0.25, 0.3) is 10.9 Å². The highest BCUT2D eigenvalue weighted by atomic mass is 35.5. The van der Waals surface area contributed by atoms with E-state index in [0.717, 1.165) is 61.4 Å². The Bertz CT molecular complexity index is 907. The van der Waals surface area contributed by atoms with E-state index < -0.39 is 0 Å². The molecule has 1 aliphatic heterocycles. The van der Waals surface area contributed by atoms with Gasteiger partial charge in [-0.15, -0.1) is 0 Å². The molecule has 2 aromatic carbocycles. The summed E-state index contributed by atoms with van der Waals surface area (Å²) in [7, 11) is 0. The number of aromatic nitrogens is 1. The fraction of sp³-hybridized carbons (Fsp3) is 0.286. The molecule has 1 aliphatic rings. The average Bonchev–Trinajstić information content (AvgIpc) is 2.64. The summed E-state index contributed by atoms with van der Waals surface area (Å²) < 4.78 is 13.3. The van der Waals surface area contributed by atoms with Crippen LogP contribution in [0.5, 0.6) is 0 Å². The third-order valence-corrected chi connectivity index (χ3v) is 5.18. The second kappa shape index (κ2) is 7.70. The third kappa shape index (κ3) is 4.04. The molecule has 0 saturated carbocycles. The number of piperazine rings is 1. The first kappa shape index (κ1) is 17.4. The highest BCUT2D eigenvalue weighted by Gasteiger charge is 2.18. The monoisotopic (exact) mass is 369 g/mol. The lowest BCUT2D eigenvalue weighted by Crippen LogP contribution is -2.45. The number of rotatable bonds is 4. The van der Waals surface area contributed by atoms with Gasteiger partial charge in [0, 0.05) is 44.7 Å². The molecule has 0 radical (unpaired) electrons. The minimum absolute atomic E-state index is 0.165. The Labute approximate surface area is 158 Å². The van der Waals surface area contributed by atoms with Gasteiger partial charge in [-0.1, -0.05) is 41.9 Å². The van der Waals surface area contributed by atoms with E-state index in [1.807, 2.05) is 24.3 Å². The summed E-state index contributed by atoms with van der Waals surface area (Å²) in [6.07, 6.45) is 0. The van der Waals surface area contributed by atoms with Crippen molar-refractivity contribution in [1.29, 1.82) is 0 Å². The van der Waals surface area contributed by atoms with Gasteiger partial charge in [0.1, 0.15) is 5.82 Å². The van der Waals surface area contributed by atoms with Gasteiger partial charge < -0.3 is 0 Å². The minimum Gasteiger partial charge on any atom is -0.297 e. The zero-order valence-corrected chi connectivity index (χ0v) is 15.3. The quantitative estimate of drug-likeness (QED) is 0.681. The molecule has 0 N–H and O–H groups in total. The highest BCUT2D eigenvalue weighted by Crippen LogP contribution is 2.22. The maximum absolute atomic E-state index is 13.3. The van der Waals surface area contributed by atoms with Gasteiger partial charge in [0.2, 0.25) is 0 Å². The van der Waals surface area contributed by atoms with Gasteiger partial charge in [-0.3, -0.25) is 9.80 Å². The average molecular weight is 370 g/mol. The first-order chi connectivity index (χ1) is 12.7. The fourth-order valence-corrected chi connectivity index (χ4v) is 3.69. The van der Waals surface area contributed by atoms with Gasteiger partial charge >= 0.3 is 0 Å².